The molecule has 5 nitrogen and oxygen atoms in total. The van der Waals surface area contributed by atoms with Crippen LogP contribution in [0.25, 0.3) is 0 Å². The van der Waals surface area contributed by atoms with Crippen LogP contribution in [-0.4, -0.2) is 41.5 Å². The molecule has 1 aromatic carbocycles. The molecule has 0 N–H and O–H groups in total. The van der Waals surface area contributed by atoms with Gasteiger partial charge in [0.25, 0.3) is 0 Å². The zero-order valence-electron chi connectivity index (χ0n) is 13.0. The van der Waals surface area contributed by atoms with Gasteiger partial charge in [0.05, 0.1) is 31.6 Å². The van der Waals surface area contributed by atoms with Gasteiger partial charge in [-0.1, -0.05) is 30.3 Å². The number of hydrogen-bond donors (Lipinski definition) is 0. The third kappa shape index (κ3) is 3.43. The van der Waals surface area contributed by atoms with Crippen molar-refractivity contribution in [2.24, 2.45) is 0 Å². The Labute approximate surface area is 130 Å². The van der Waals surface area contributed by atoms with Gasteiger partial charge in [-0.2, -0.15) is 5.10 Å². The molecule has 1 fully saturated rings. The van der Waals surface area contributed by atoms with Crippen molar-refractivity contribution in [2.45, 2.75) is 25.6 Å². The first-order valence-corrected chi connectivity index (χ1v) is 7.53. The fraction of sp³-hybridized carbons (Fsp3) is 0.412. The number of rotatable bonds is 4. The molecule has 22 heavy (non-hydrogen) atoms. The van der Waals surface area contributed by atoms with Crippen molar-refractivity contribution < 1.29 is 9.47 Å². The molecule has 1 aliphatic rings. The number of nitrogens with zero attached hydrogens (tertiary/aromatic N) is 3. The number of benzene rings is 1. The molecule has 1 saturated heterocycles. The average Bonchev–Trinajstić information content (AvgIpc) is 2.56. The molecule has 0 bridgehead atoms. The second-order valence-corrected chi connectivity index (χ2v) is 5.57. The molecular weight excluding hydrogens is 278 g/mol. The van der Waals surface area contributed by atoms with E-state index in [0.717, 1.165) is 18.8 Å². The van der Waals surface area contributed by atoms with Gasteiger partial charge >= 0.3 is 0 Å². The smallest absolute Gasteiger partial charge is 0.233 e. The molecule has 3 rings (SSSR count). The van der Waals surface area contributed by atoms with Gasteiger partial charge in [0, 0.05) is 19.2 Å². The summed E-state index contributed by atoms with van der Waals surface area (Å²) in [6.07, 6.45) is 0.228. The summed E-state index contributed by atoms with van der Waals surface area (Å²) in [6, 6.07) is 14.5. The maximum Gasteiger partial charge on any atom is 0.233 e. The van der Waals surface area contributed by atoms with Gasteiger partial charge in [-0.3, -0.25) is 4.90 Å². The van der Waals surface area contributed by atoms with Gasteiger partial charge in [0.2, 0.25) is 5.88 Å². The van der Waals surface area contributed by atoms with Crippen LogP contribution in [-0.2, 0) is 11.3 Å². The van der Waals surface area contributed by atoms with Crippen LogP contribution in [0.5, 0.6) is 5.88 Å². The number of methoxy groups -OCH3 is 1. The van der Waals surface area contributed by atoms with E-state index in [9.17, 15) is 0 Å². The molecular formula is C17H21N3O2. The highest BCUT2D eigenvalue weighted by Gasteiger charge is 2.28. The Balaban J connectivity index is 1.77. The summed E-state index contributed by atoms with van der Waals surface area (Å²) >= 11 is 0. The summed E-state index contributed by atoms with van der Waals surface area (Å²) in [6.45, 7) is 4.44. The highest BCUT2D eigenvalue weighted by molar-refractivity contribution is 5.20. The zero-order valence-corrected chi connectivity index (χ0v) is 13.0. The second kappa shape index (κ2) is 6.85. The fourth-order valence-electron chi connectivity index (χ4n) is 2.78. The predicted octanol–water partition coefficient (Wildman–Crippen LogP) is 2.45. The van der Waals surface area contributed by atoms with E-state index in [1.165, 1.54) is 5.56 Å². The van der Waals surface area contributed by atoms with Crippen LogP contribution < -0.4 is 4.74 Å². The van der Waals surface area contributed by atoms with Crippen molar-refractivity contribution in [3.05, 3.63) is 53.7 Å². The SMILES string of the molecule is COc1ccc(CN2CC(C)OCC2c2ccccc2)nn1. The minimum atomic E-state index is 0.228. The largest absolute Gasteiger partial charge is 0.480 e. The highest BCUT2D eigenvalue weighted by Crippen LogP contribution is 2.27. The lowest BCUT2D eigenvalue weighted by atomic mass is 10.0. The molecule has 2 atom stereocenters. The zero-order chi connectivity index (χ0) is 15.4. The standard InChI is InChI=1S/C17H21N3O2/c1-13-10-20(11-15-8-9-17(21-2)19-18-15)16(12-22-13)14-6-4-3-5-7-14/h3-9,13,16H,10-12H2,1-2H3. The third-order valence-electron chi connectivity index (χ3n) is 3.92. The molecule has 0 radical (unpaired) electrons. The molecule has 5 heteroatoms. The van der Waals surface area contributed by atoms with Crippen LogP contribution in [0.2, 0.25) is 0 Å². The molecule has 0 aliphatic carbocycles. The Hall–Kier alpha value is -1.98. The van der Waals surface area contributed by atoms with E-state index in [4.69, 9.17) is 9.47 Å². The topological polar surface area (TPSA) is 47.5 Å². The molecule has 0 amide bonds. The van der Waals surface area contributed by atoms with Crippen molar-refractivity contribution in [1.82, 2.24) is 15.1 Å². The Kier molecular flexibility index (Phi) is 4.65. The normalized spacial score (nSPS) is 22.5. The van der Waals surface area contributed by atoms with Gasteiger partial charge in [-0.05, 0) is 18.6 Å². The van der Waals surface area contributed by atoms with Crippen molar-refractivity contribution in [3.63, 3.8) is 0 Å². The van der Waals surface area contributed by atoms with Gasteiger partial charge in [-0.25, -0.2) is 0 Å². The number of aromatic nitrogens is 2. The molecule has 0 saturated carbocycles. The number of ether oxygens (including phenoxy) is 2. The van der Waals surface area contributed by atoms with E-state index in [1.807, 2.05) is 18.2 Å². The average molecular weight is 299 g/mol. The van der Waals surface area contributed by atoms with Crippen LogP contribution in [0.1, 0.15) is 24.2 Å². The first-order chi connectivity index (χ1) is 10.8. The fourth-order valence-corrected chi connectivity index (χ4v) is 2.78. The molecule has 2 aromatic rings. The van der Waals surface area contributed by atoms with E-state index in [2.05, 4.69) is 46.3 Å². The van der Waals surface area contributed by atoms with Crippen molar-refractivity contribution in [2.75, 3.05) is 20.3 Å². The number of hydrogen-bond acceptors (Lipinski definition) is 5. The first kappa shape index (κ1) is 14.9. The van der Waals surface area contributed by atoms with Crippen molar-refractivity contribution >= 4 is 0 Å². The summed E-state index contributed by atoms with van der Waals surface area (Å²) < 4.78 is 10.9. The Morgan fingerprint density at radius 2 is 2.00 bits per heavy atom. The summed E-state index contributed by atoms with van der Waals surface area (Å²) in [7, 11) is 1.60. The molecule has 1 aromatic heterocycles. The lowest BCUT2D eigenvalue weighted by Crippen LogP contribution is -2.43. The Morgan fingerprint density at radius 3 is 2.68 bits per heavy atom. The van der Waals surface area contributed by atoms with Gasteiger partial charge in [-0.15, -0.1) is 5.10 Å². The number of morpholine rings is 1. The Bertz CT molecular complexity index is 589. The van der Waals surface area contributed by atoms with Crippen LogP contribution in [0.3, 0.4) is 0 Å². The second-order valence-electron chi connectivity index (χ2n) is 5.57. The van der Waals surface area contributed by atoms with Crippen LogP contribution in [0.15, 0.2) is 42.5 Å². The molecule has 1 aliphatic heterocycles. The third-order valence-corrected chi connectivity index (χ3v) is 3.92. The summed E-state index contributed by atoms with van der Waals surface area (Å²) in [5, 5.41) is 8.29. The molecule has 116 valence electrons. The maximum atomic E-state index is 5.85. The summed E-state index contributed by atoms with van der Waals surface area (Å²) in [4.78, 5) is 2.40. The van der Waals surface area contributed by atoms with Crippen molar-refractivity contribution in [1.29, 1.82) is 0 Å². The van der Waals surface area contributed by atoms with Gasteiger partial charge in [0.1, 0.15) is 0 Å². The molecule has 0 spiro atoms. The van der Waals surface area contributed by atoms with E-state index in [1.54, 1.807) is 7.11 Å². The Morgan fingerprint density at radius 1 is 1.18 bits per heavy atom. The van der Waals surface area contributed by atoms with E-state index in [0.29, 0.717) is 12.5 Å². The monoisotopic (exact) mass is 299 g/mol. The summed E-state index contributed by atoms with van der Waals surface area (Å²) in [5.74, 6) is 0.540. The first-order valence-electron chi connectivity index (χ1n) is 7.53. The van der Waals surface area contributed by atoms with E-state index < -0.39 is 0 Å². The van der Waals surface area contributed by atoms with Crippen molar-refractivity contribution in [3.8, 4) is 5.88 Å². The quantitative estimate of drug-likeness (QED) is 0.868. The highest BCUT2D eigenvalue weighted by atomic mass is 16.5. The van der Waals surface area contributed by atoms with E-state index >= 15 is 0 Å². The lowest BCUT2D eigenvalue weighted by molar-refractivity contribution is -0.0602. The van der Waals surface area contributed by atoms with Crippen LogP contribution in [0.4, 0.5) is 0 Å². The molecule has 2 unspecified atom stereocenters. The van der Waals surface area contributed by atoms with E-state index in [-0.39, 0.29) is 12.1 Å². The molecule has 2 heterocycles. The van der Waals surface area contributed by atoms with Crippen LogP contribution in [0, 0.1) is 0 Å². The minimum absolute atomic E-state index is 0.228. The minimum Gasteiger partial charge on any atom is -0.480 e. The summed E-state index contributed by atoms with van der Waals surface area (Å²) in [5.41, 5.74) is 2.21. The van der Waals surface area contributed by atoms with Crippen LogP contribution >= 0.6 is 0 Å². The van der Waals surface area contributed by atoms with Gasteiger partial charge in [0.15, 0.2) is 0 Å². The van der Waals surface area contributed by atoms with Gasteiger partial charge < -0.3 is 9.47 Å². The maximum absolute atomic E-state index is 5.85. The predicted molar refractivity (Wildman–Crippen MR) is 83.6 cm³/mol. The lowest BCUT2D eigenvalue weighted by Gasteiger charge is -2.38.